The van der Waals surface area contributed by atoms with Gasteiger partial charge in [0.2, 0.25) is 0 Å². The molecule has 0 radical (unpaired) electrons. The Morgan fingerprint density at radius 2 is 1.90 bits per heavy atom. The molecule has 0 aliphatic rings. The molecule has 104 valence electrons. The van der Waals surface area contributed by atoms with E-state index in [0.29, 0.717) is 0 Å². The number of aryl methyl sites for hydroxylation is 1. The summed E-state index contributed by atoms with van der Waals surface area (Å²) in [5, 5.41) is 10.0. The summed E-state index contributed by atoms with van der Waals surface area (Å²) in [7, 11) is 0. The maximum absolute atomic E-state index is 10.9. The molecule has 0 bridgehead atoms. The van der Waals surface area contributed by atoms with Gasteiger partial charge < -0.3 is 5.11 Å². The van der Waals surface area contributed by atoms with Crippen LogP contribution in [0.3, 0.4) is 0 Å². The van der Waals surface area contributed by atoms with Crippen LogP contribution in [0.5, 0.6) is 0 Å². The van der Waals surface area contributed by atoms with E-state index >= 15 is 0 Å². The summed E-state index contributed by atoms with van der Waals surface area (Å²) in [5.74, 6) is -0.817. The molecule has 1 aromatic heterocycles. The highest BCUT2D eigenvalue weighted by Gasteiger charge is 2.08. The molecule has 21 heavy (non-hydrogen) atoms. The number of hydrogen-bond donors (Lipinski definition) is 1. The first-order chi connectivity index (χ1) is 10.1. The van der Waals surface area contributed by atoms with E-state index in [1.165, 1.54) is 0 Å². The molecule has 0 saturated heterocycles. The number of rotatable bonds is 3. The average molecular weight is 277 g/mol. The normalized spacial score (nSPS) is 10.7. The van der Waals surface area contributed by atoms with Gasteiger partial charge in [-0.3, -0.25) is 9.78 Å². The third kappa shape index (κ3) is 2.77. The average Bonchev–Trinajstić information content (AvgIpc) is 2.46. The smallest absolute Gasteiger partial charge is 0.307 e. The highest BCUT2D eigenvalue weighted by atomic mass is 16.4. The largest absolute Gasteiger partial charge is 0.481 e. The summed E-state index contributed by atoms with van der Waals surface area (Å²) < 4.78 is 0. The maximum Gasteiger partial charge on any atom is 0.307 e. The zero-order chi connectivity index (χ0) is 14.8. The number of pyridine rings is 1. The number of fused-ring (bicyclic) bond motifs is 1. The molecule has 0 aliphatic carbocycles. The minimum atomic E-state index is -0.817. The van der Waals surface area contributed by atoms with E-state index in [1.54, 1.807) is 0 Å². The van der Waals surface area contributed by atoms with Crippen molar-refractivity contribution in [2.75, 3.05) is 0 Å². The summed E-state index contributed by atoms with van der Waals surface area (Å²) in [5.41, 5.74) is 4.82. The molecule has 0 amide bonds. The summed E-state index contributed by atoms with van der Waals surface area (Å²) in [6.07, 6.45) is 0.0375. The van der Waals surface area contributed by atoms with Crippen LogP contribution in [0.25, 0.3) is 22.0 Å². The Bertz CT molecular complexity index is 824. The lowest BCUT2D eigenvalue weighted by molar-refractivity contribution is -0.136. The fourth-order valence-electron chi connectivity index (χ4n) is 2.57. The highest BCUT2D eigenvalue weighted by molar-refractivity contribution is 5.94. The minimum Gasteiger partial charge on any atom is -0.481 e. The third-order valence-corrected chi connectivity index (χ3v) is 3.44. The molecule has 0 spiro atoms. The standard InChI is InChI=1S/C18H15NO2/c1-12-9-16(15-7-2-3-8-17(15)19-12)14-6-4-5-13(10-14)11-18(20)21/h2-10H,11H2,1H3,(H,20,21). The molecule has 3 heteroatoms. The molecule has 3 rings (SSSR count). The van der Waals surface area contributed by atoms with Gasteiger partial charge in [0, 0.05) is 11.1 Å². The Balaban J connectivity index is 2.18. The van der Waals surface area contributed by atoms with Gasteiger partial charge in [-0.15, -0.1) is 0 Å². The van der Waals surface area contributed by atoms with E-state index < -0.39 is 5.97 Å². The fraction of sp³-hybridized carbons (Fsp3) is 0.111. The van der Waals surface area contributed by atoms with Gasteiger partial charge in [-0.05, 0) is 35.7 Å². The number of benzene rings is 2. The molecule has 0 unspecified atom stereocenters. The summed E-state index contributed by atoms with van der Waals surface area (Å²) >= 11 is 0. The molecule has 3 aromatic rings. The predicted octanol–water partition coefficient (Wildman–Crippen LogP) is 3.84. The molecule has 3 nitrogen and oxygen atoms in total. The number of carboxylic acids is 1. The molecular formula is C18H15NO2. The van der Waals surface area contributed by atoms with Crippen molar-refractivity contribution in [3.8, 4) is 11.1 Å². The number of aromatic nitrogens is 1. The van der Waals surface area contributed by atoms with Crippen molar-refractivity contribution in [2.45, 2.75) is 13.3 Å². The molecule has 2 aromatic carbocycles. The van der Waals surface area contributed by atoms with Crippen molar-refractivity contribution in [1.82, 2.24) is 4.98 Å². The van der Waals surface area contributed by atoms with Gasteiger partial charge in [0.15, 0.2) is 0 Å². The van der Waals surface area contributed by atoms with Crippen molar-refractivity contribution < 1.29 is 9.90 Å². The predicted molar refractivity (Wildman–Crippen MR) is 83.3 cm³/mol. The first-order valence-electron chi connectivity index (χ1n) is 6.81. The van der Waals surface area contributed by atoms with E-state index in [1.807, 2.05) is 61.5 Å². The molecular weight excluding hydrogens is 262 g/mol. The Labute approximate surface area is 122 Å². The number of nitrogens with zero attached hydrogens (tertiary/aromatic N) is 1. The number of para-hydroxylation sites is 1. The van der Waals surface area contributed by atoms with Crippen molar-refractivity contribution >= 4 is 16.9 Å². The van der Waals surface area contributed by atoms with Gasteiger partial charge in [-0.2, -0.15) is 0 Å². The maximum atomic E-state index is 10.9. The Kier molecular flexibility index (Phi) is 3.40. The Morgan fingerprint density at radius 1 is 1.10 bits per heavy atom. The van der Waals surface area contributed by atoms with Crippen LogP contribution in [0, 0.1) is 6.92 Å². The third-order valence-electron chi connectivity index (χ3n) is 3.44. The quantitative estimate of drug-likeness (QED) is 0.791. The zero-order valence-corrected chi connectivity index (χ0v) is 11.7. The van der Waals surface area contributed by atoms with Gasteiger partial charge in [0.1, 0.15) is 0 Å². The van der Waals surface area contributed by atoms with Crippen LogP contribution in [0.15, 0.2) is 54.6 Å². The van der Waals surface area contributed by atoms with Crippen LogP contribution >= 0.6 is 0 Å². The van der Waals surface area contributed by atoms with Gasteiger partial charge in [0.25, 0.3) is 0 Å². The topological polar surface area (TPSA) is 50.2 Å². The van der Waals surface area contributed by atoms with Gasteiger partial charge >= 0.3 is 5.97 Å². The first kappa shape index (κ1) is 13.3. The van der Waals surface area contributed by atoms with E-state index in [2.05, 4.69) is 4.98 Å². The Morgan fingerprint density at radius 3 is 2.71 bits per heavy atom. The van der Waals surface area contributed by atoms with Crippen molar-refractivity contribution in [1.29, 1.82) is 0 Å². The van der Waals surface area contributed by atoms with Crippen LogP contribution in [0.2, 0.25) is 0 Å². The Hall–Kier alpha value is -2.68. The minimum absolute atomic E-state index is 0.0375. The molecule has 0 fully saturated rings. The number of hydrogen-bond acceptors (Lipinski definition) is 2. The van der Waals surface area contributed by atoms with Gasteiger partial charge in [-0.25, -0.2) is 0 Å². The van der Waals surface area contributed by atoms with Crippen LogP contribution in [0.4, 0.5) is 0 Å². The zero-order valence-electron chi connectivity index (χ0n) is 11.7. The lowest BCUT2D eigenvalue weighted by atomic mass is 9.98. The molecule has 0 saturated carbocycles. The van der Waals surface area contributed by atoms with Crippen molar-refractivity contribution in [3.05, 3.63) is 65.9 Å². The van der Waals surface area contributed by atoms with Crippen LogP contribution in [-0.2, 0) is 11.2 Å². The first-order valence-corrected chi connectivity index (χ1v) is 6.81. The monoisotopic (exact) mass is 277 g/mol. The fourth-order valence-corrected chi connectivity index (χ4v) is 2.57. The summed E-state index contributed by atoms with van der Waals surface area (Å²) in [4.78, 5) is 15.4. The van der Waals surface area contributed by atoms with Crippen LogP contribution in [-0.4, -0.2) is 16.1 Å². The molecule has 1 N–H and O–H groups in total. The molecule has 0 aliphatic heterocycles. The van der Waals surface area contributed by atoms with Crippen molar-refractivity contribution in [2.24, 2.45) is 0 Å². The lowest BCUT2D eigenvalue weighted by Gasteiger charge is -2.09. The van der Waals surface area contributed by atoms with E-state index in [0.717, 1.165) is 33.3 Å². The number of carboxylic acid groups (broad SMARTS) is 1. The summed E-state index contributed by atoms with van der Waals surface area (Å²) in [6, 6.07) is 17.7. The SMILES string of the molecule is Cc1cc(-c2cccc(CC(=O)O)c2)c2ccccc2n1. The van der Waals surface area contributed by atoms with Crippen LogP contribution in [0.1, 0.15) is 11.3 Å². The van der Waals surface area contributed by atoms with E-state index in [-0.39, 0.29) is 6.42 Å². The second-order valence-corrected chi connectivity index (χ2v) is 5.10. The van der Waals surface area contributed by atoms with E-state index in [4.69, 9.17) is 5.11 Å². The molecule has 1 heterocycles. The van der Waals surface area contributed by atoms with Crippen LogP contribution < -0.4 is 0 Å². The van der Waals surface area contributed by atoms with Crippen molar-refractivity contribution in [3.63, 3.8) is 0 Å². The second-order valence-electron chi connectivity index (χ2n) is 5.10. The van der Waals surface area contributed by atoms with E-state index in [9.17, 15) is 4.79 Å². The second kappa shape index (κ2) is 5.37. The number of carbonyl (C=O) groups is 1. The molecule has 0 atom stereocenters. The highest BCUT2D eigenvalue weighted by Crippen LogP contribution is 2.29. The number of aliphatic carboxylic acids is 1. The lowest BCUT2D eigenvalue weighted by Crippen LogP contribution is -2.00. The summed E-state index contributed by atoms with van der Waals surface area (Å²) in [6.45, 7) is 1.97. The van der Waals surface area contributed by atoms with Gasteiger partial charge in [-0.1, -0.05) is 42.5 Å². The van der Waals surface area contributed by atoms with Gasteiger partial charge in [0.05, 0.1) is 11.9 Å².